The summed E-state index contributed by atoms with van der Waals surface area (Å²) >= 11 is 3.49. The second-order valence-electron chi connectivity index (χ2n) is 4.29. The van der Waals surface area contributed by atoms with Crippen molar-refractivity contribution in [3.05, 3.63) is 63.9 Å². The van der Waals surface area contributed by atoms with Crippen LogP contribution >= 0.6 is 15.9 Å². The zero-order valence-corrected chi connectivity index (χ0v) is 11.8. The highest BCUT2D eigenvalue weighted by atomic mass is 79.9. The fourth-order valence-electron chi connectivity index (χ4n) is 1.99. The highest BCUT2D eigenvalue weighted by Crippen LogP contribution is 2.27. The Labute approximate surface area is 119 Å². The summed E-state index contributed by atoms with van der Waals surface area (Å²) in [6.07, 6.45) is 0.617. The molecule has 3 nitrogen and oxygen atoms in total. The molecule has 0 saturated carbocycles. The van der Waals surface area contributed by atoms with E-state index in [0.717, 1.165) is 10.0 Å². The molecule has 0 aromatic heterocycles. The summed E-state index contributed by atoms with van der Waals surface area (Å²) < 4.78 is 14.3. The second-order valence-corrected chi connectivity index (χ2v) is 5.14. The summed E-state index contributed by atoms with van der Waals surface area (Å²) in [5.74, 6) is 5.26. The predicted octanol–water partition coefficient (Wildman–Crippen LogP) is 2.92. The number of nitrogens with one attached hydrogen (secondary N) is 1. The Hall–Kier alpha value is -1.43. The topological polar surface area (TPSA) is 64.1 Å². The summed E-state index contributed by atoms with van der Waals surface area (Å²) in [5.41, 5.74) is 10.8. The Bertz CT molecular complexity index is 574. The molecular weight excluding hydrogens is 309 g/mol. The maximum Gasteiger partial charge on any atom is 0.123 e. The van der Waals surface area contributed by atoms with Crippen molar-refractivity contribution in [2.24, 2.45) is 5.84 Å². The van der Waals surface area contributed by atoms with Crippen molar-refractivity contribution in [3.8, 4) is 0 Å². The largest absolute Gasteiger partial charge is 0.398 e. The van der Waals surface area contributed by atoms with Gasteiger partial charge in [0.15, 0.2) is 0 Å². The van der Waals surface area contributed by atoms with Crippen molar-refractivity contribution in [2.75, 3.05) is 5.73 Å². The Kier molecular flexibility index (Phi) is 4.52. The molecule has 0 radical (unpaired) electrons. The van der Waals surface area contributed by atoms with Gasteiger partial charge in [-0.2, -0.15) is 0 Å². The van der Waals surface area contributed by atoms with Gasteiger partial charge in [-0.05, 0) is 41.8 Å². The SMILES string of the molecule is NNC(Cc1ccccc1Br)c1cc(F)ccc1N. The number of hydrogen-bond acceptors (Lipinski definition) is 3. The van der Waals surface area contributed by atoms with Gasteiger partial charge in [0.1, 0.15) is 5.82 Å². The molecule has 1 atom stereocenters. The van der Waals surface area contributed by atoms with Crippen molar-refractivity contribution in [1.29, 1.82) is 0 Å². The number of benzene rings is 2. The lowest BCUT2D eigenvalue weighted by atomic mass is 9.98. The first-order valence-corrected chi connectivity index (χ1v) is 6.65. The van der Waals surface area contributed by atoms with Crippen LogP contribution in [0.2, 0.25) is 0 Å². The van der Waals surface area contributed by atoms with Crippen LogP contribution in [0.15, 0.2) is 46.9 Å². The fourth-order valence-corrected chi connectivity index (χ4v) is 2.44. The van der Waals surface area contributed by atoms with Gasteiger partial charge < -0.3 is 5.73 Å². The number of nitrogen functional groups attached to an aromatic ring is 1. The lowest BCUT2D eigenvalue weighted by Gasteiger charge is -2.19. The van der Waals surface area contributed by atoms with Gasteiger partial charge in [0.05, 0.1) is 6.04 Å². The summed E-state index contributed by atoms with van der Waals surface area (Å²) in [6.45, 7) is 0. The molecule has 0 bridgehead atoms. The van der Waals surface area contributed by atoms with Gasteiger partial charge >= 0.3 is 0 Å². The molecule has 0 aliphatic rings. The highest BCUT2D eigenvalue weighted by molar-refractivity contribution is 9.10. The van der Waals surface area contributed by atoms with E-state index in [1.54, 1.807) is 6.07 Å². The Morgan fingerprint density at radius 3 is 2.63 bits per heavy atom. The Morgan fingerprint density at radius 2 is 1.95 bits per heavy atom. The van der Waals surface area contributed by atoms with E-state index in [2.05, 4.69) is 21.4 Å². The zero-order valence-electron chi connectivity index (χ0n) is 10.2. The molecule has 100 valence electrons. The summed E-state index contributed by atoms with van der Waals surface area (Å²) in [6, 6.07) is 11.9. The third kappa shape index (κ3) is 3.32. The van der Waals surface area contributed by atoms with Crippen LogP contribution in [0.5, 0.6) is 0 Å². The highest BCUT2D eigenvalue weighted by Gasteiger charge is 2.15. The van der Waals surface area contributed by atoms with Crippen LogP contribution in [0, 0.1) is 5.82 Å². The van der Waals surface area contributed by atoms with Crippen LogP contribution in [-0.4, -0.2) is 0 Å². The van der Waals surface area contributed by atoms with Crippen molar-refractivity contribution < 1.29 is 4.39 Å². The van der Waals surface area contributed by atoms with Gasteiger partial charge in [-0.1, -0.05) is 34.1 Å². The Balaban J connectivity index is 2.30. The molecule has 1 unspecified atom stereocenters. The molecule has 0 spiro atoms. The minimum Gasteiger partial charge on any atom is -0.398 e. The first-order valence-electron chi connectivity index (χ1n) is 5.86. The average molecular weight is 324 g/mol. The molecule has 0 heterocycles. The predicted molar refractivity (Wildman–Crippen MR) is 78.7 cm³/mol. The minimum absolute atomic E-state index is 0.241. The monoisotopic (exact) mass is 323 g/mol. The molecule has 0 amide bonds. The molecule has 19 heavy (non-hydrogen) atoms. The van der Waals surface area contributed by atoms with E-state index in [-0.39, 0.29) is 11.9 Å². The molecule has 2 rings (SSSR count). The van der Waals surface area contributed by atoms with Crippen molar-refractivity contribution in [2.45, 2.75) is 12.5 Å². The summed E-state index contributed by atoms with van der Waals surface area (Å²) in [4.78, 5) is 0. The molecule has 0 saturated heterocycles. The van der Waals surface area contributed by atoms with Gasteiger partial charge in [-0.25, -0.2) is 4.39 Å². The van der Waals surface area contributed by atoms with Gasteiger partial charge in [0.2, 0.25) is 0 Å². The first kappa shape index (κ1) is 14.0. The number of anilines is 1. The molecule has 2 aromatic carbocycles. The lowest BCUT2D eigenvalue weighted by molar-refractivity contribution is 0.545. The molecule has 0 aliphatic carbocycles. The van der Waals surface area contributed by atoms with E-state index < -0.39 is 0 Å². The maximum absolute atomic E-state index is 13.3. The van der Waals surface area contributed by atoms with E-state index in [1.807, 2.05) is 24.3 Å². The van der Waals surface area contributed by atoms with Crippen LogP contribution in [0.25, 0.3) is 0 Å². The lowest BCUT2D eigenvalue weighted by Crippen LogP contribution is -2.30. The molecule has 0 aliphatic heterocycles. The number of halogens is 2. The van der Waals surface area contributed by atoms with E-state index in [1.165, 1.54) is 12.1 Å². The zero-order chi connectivity index (χ0) is 13.8. The average Bonchev–Trinajstić information content (AvgIpc) is 2.41. The van der Waals surface area contributed by atoms with E-state index in [9.17, 15) is 4.39 Å². The van der Waals surface area contributed by atoms with E-state index in [0.29, 0.717) is 17.7 Å². The summed E-state index contributed by atoms with van der Waals surface area (Å²) in [5, 5.41) is 0. The van der Waals surface area contributed by atoms with Crippen LogP contribution in [0.4, 0.5) is 10.1 Å². The van der Waals surface area contributed by atoms with Crippen molar-refractivity contribution in [3.63, 3.8) is 0 Å². The summed E-state index contributed by atoms with van der Waals surface area (Å²) in [7, 11) is 0. The third-order valence-corrected chi connectivity index (χ3v) is 3.78. The van der Waals surface area contributed by atoms with E-state index >= 15 is 0 Å². The number of hydrogen-bond donors (Lipinski definition) is 3. The van der Waals surface area contributed by atoms with Gasteiger partial charge in [0.25, 0.3) is 0 Å². The van der Waals surface area contributed by atoms with Gasteiger partial charge in [-0.15, -0.1) is 0 Å². The Morgan fingerprint density at radius 1 is 1.21 bits per heavy atom. The number of nitrogens with two attached hydrogens (primary N) is 2. The molecule has 5 heteroatoms. The smallest absolute Gasteiger partial charge is 0.123 e. The standard InChI is InChI=1S/C14H15BrFN3/c15-12-4-2-1-3-9(12)7-14(19-18)11-8-10(16)5-6-13(11)17/h1-6,8,14,19H,7,17-18H2. The van der Waals surface area contributed by atoms with Crippen LogP contribution < -0.4 is 17.0 Å². The maximum atomic E-state index is 13.3. The normalized spacial score (nSPS) is 12.4. The van der Waals surface area contributed by atoms with Gasteiger partial charge in [0, 0.05) is 10.2 Å². The van der Waals surface area contributed by atoms with Crippen LogP contribution in [0.1, 0.15) is 17.2 Å². The molecule has 5 N–H and O–H groups in total. The van der Waals surface area contributed by atoms with Gasteiger partial charge in [-0.3, -0.25) is 11.3 Å². The fraction of sp³-hybridized carbons (Fsp3) is 0.143. The first-order chi connectivity index (χ1) is 9.11. The molecule has 0 fully saturated rings. The second kappa shape index (κ2) is 6.14. The minimum atomic E-state index is -0.323. The third-order valence-electron chi connectivity index (χ3n) is 3.01. The van der Waals surface area contributed by atoms with Crippen molar-refractivity contribution >= 4 is 21.6 Å². The van der Waals surface area contributed by atoms with Crippen LogP contribution in [-0.2, 0) is 6.42 Å². The quantitative estimate of drug-likeness (QED) is 0.460. The number of hydrazine groups is 1. The van der Waals surface area contributed by atoms with E-state index in [4.69, 9.17) is 11.6 Å². The van der Waals surface area contributed by atoms with Crippen LogP contribution in [0.3, 0.4) is 0 Å². The molecule has 2 aromatic rings. The number of rotatable bonds is 4. The van der Waals surface area contributed by atoms with Crippen molar-refractivity contribution in [1.82, 2.24) is 5.43 Å². The molecular formula is C14H15BrFN3.